The summed E-state index contributed by atoms with van der Waals surface area (Å²) in [7, 11) is -1.36. The molecule has 0 spiro atoms. The monoisotopic (exact) mass is 365 g/mol. The van der Waals surface area contributed by atoms with E-state index >= 15 is 0 Å². The molecule has 0 radical (unpaired) electrons. The highest BCUT2D eigenvalue weighted by molar-refractivity contribution is 7.89. The fraction of sp³-hybridized carbons (Fsp3) is 0.412. The first-order valence-electron chi connectivity index (χ1n) is 8.06. The molecule has 5 nitrogen and oxygen atoms in total. The van der Waals surface area contributed by atoms with Crippen LogP contribution in [0, 0.1) is 0 Å². The first kappa shape index (κ1) is 17.6. The largest absolute Gasteiger partial charge is 0.304 e. The highest BCUT2D eigenvalue weighted by Gasteiger charge is 2.26. The summed E-state index contributed by atoms with van der Waals surface area (Å²) in [5.74, 6) is 0. The van der Waals surface area contributed by atoms with E-state index < -0.39 is 10.0 Å². The van der Waals surface area contributed by atoms with Crippen LogP contribution in [0.4, 0.5) is 0 Å². The Morgan fingerprint density at radius 1 is 1.12 bits per heavy atom. The molecule has 0 amide bonds. The number of thiophene rings is 1. The van der Waals surface area contributed by atoms with E-state index in [2.05, 4.69) is 33.0 Å². The Bertz CT molecular complexity index is 724. The predicted molar refractivity (Wildman–Crippen MR) is 97.8 cm³/mol. The summed E-state index contributed by atoms with van der Waals surface area (Å²) in [6.07, 6.45) is 0. The summed E-state index contributed by atoms with van der Waals surface area (Å²) in [6.45, 7) is 4.30. The summed E-state index contributed by atoms with van der Waals surface area (Å²) in [5.41, 5.74) is 1.18. The van der Waals surface area contributed by atoms with Gasteiger partial charge in [0.2, 0.25) is 10.0 Å². The van der Waals surface area contributed by atoms with Crippen molar-refractivity contribution >= 4 is 21.4 Å². The lowest BCUT2D eigenvalue weighted by Crippen LogP contribution is -2.48. The maximum atomic E-state index is 12.5. The minimum absolute atomic E-state index is 0.0726. The van der Waals surface area contributed by atoms with Gasteiger partial charge in [0.05, 0.1) is 4.90 Å². The van der Waals surface area contributed by atoms with E-state index in [0.29, 0.717) is 11.4 Å². The Labute approximate surface area is 148 Å². The number of piperazine rings is 1. The summed E-state index contributed by atoms with van der Waals surface area (Å²) >= 11 is 1.65. The van der Waals surface area contributed by atoms with Crippen molar-refractivity contribution < 1.29 is 8.42 Å². The van der Waals surface area contributed by atoms with Gasteiger partial charge in [0.1, 0.15) is 0 Å². The lowest BCUT2D eigenvalue weighted by Gasteiger charge is -2.37. The van der Waals surface area contributed by atoms with Gasteiger partial charge < -0.3 is 4.90 Å². The molecule has 1 aromatic carbocycles. The molecule has 1 saturated heterocycles. The van der Waals surface area contributed by atoms with Crippen LogP contribution in [0.3, 0.4) is 0 Å². The zero-order valence-electron chi connectivity index (χ0n) is 13.8. The fourth-order valence-electron chi connectivity index (χ4n) is 2.93. The van der Waals surface area contributed by atoms with Crippen LogP contribution in [-0.4, -0.2) is 58.0 Å². The number of benzene rings is 1. The van der Waals surface area contributed by atoms with Gasteiger partial charge >= 0.3 is 0 Å². The number of rotatable bonds is 6. The van der Waals surface area contributed by atoms with Crippen molar-refractivity contribution in [2.45, 2.75) is 10.9 Å². The summed E-state index contributed by atoms with van der Waals surface area (Å²) in [4.78, 5) is 4.98. The standard InChI is InChI=1S/C17H23N3O2S2/c1-19-8-10-20(11-9-19)17(15-7-12-23-14-15)13-18-24(21,22)16-5-3-2-4-6-16/h2-7,12,14,17-18H,8-11,13H2,1H3. The van der Waals surface area contributed by atoms with Crippen LogP contribution in [0.1, 0.15) is 11.6 Å². The van der Waals surface area contributed by atoms with Crippen LogP contribution < -0.4 is 4.72 Å². The Balaban J connectivity index is 1.73. The van der Waals surface area contributed by atoms with E-state index in [0.717, 1.165) is 26.2 Å². The van der Waals surface area contributed by atoms with Crippen molar-refractivity contribution in [3.8, 4) is 0 Å². The molecule has 1 aromatic heterocycles. The molecule has 7 heteroatoms. The quantitative estimate of drug-likeness (QED) is 0.851. The predicted octanol–water partition coefficient (Wildman–Crippen LogP) is 2.02. The molecule has 2 aromatic rings. The van der Waals surface area contributed by atoms with E-state index in [1.165, 1.54) is 5.56 Å². The molecule has 2 heterocycles. The molecule has 1 N–H and O–H groups in total. The Hall–Kier alpha value is -1.25. The third-order valence-corrected chi connectivity index (χ3v) is 6.57. The molecule has 3 rings (SSSR count). The number of sulfonamides is 1. The van der Waals surface area contributed by atoms with Gasteiger partial charge in [-0.1, -0.05) is 18.2 Å². The normalized spacial score (nSPS) is 18.5. The highest BCUT2D eigenvalue weighted by Crippen LogP contribution is 2.24. The van der Waals surface area contributed by atoms with Gasteiger partial charge in [0, 0.05) is 38.8 Å². The van der Waals surface area contributed by atoms with E-state index in [4.69, 9.17) is 0 Å². The fourth-order valence-corrected chi connectivity index (χ4v) is 4.69. The van der Waals surface area contributed by atoms with E-state index in [9.17, 15) is 8.42 Å². The van der Waals surface area contributed by atoms with Gasteiger partial charge in [-0.05, 0) is 41.6 Å². The molecule has 1 aliphatic heterocycles. The number of hydrogen-bond donors (Lipinski definition) is 1. The number of nitrogens with one attached hydrogen (secondary N) is 1. The smallest absolute Gasteiger partial charge is 0.240 e. The van der Waals surface area contributed by atoms with Crippen molar-refractivity contribution in [3.63, 3.8) is 0 Å². The van der Waals surface area contributed by atoms with Gasteiger partial charge in [-0.3, -0.25) is 4.90 Å². The molecule has 1 aliphatic rings. The molecule has 24 heavy (non-hydrogen) atoms. The lowest BCUT2D eigenvalue weighted by molar-refractivity contribution is 0.113. The van der Waals surface area contributed by atoms with Crippen LogP contribution in [0.25, 0.3) is 0 Å². The molecule has 1 atom stereocenters. The minimum atomic E-state index is -3.48. The van der Waals surface area contributed by atoms with Crippen molar-refractivity contribution in [2.24, 2.45) is 0 Å². The van der Waals surface area contributed by atoms with Crippen LogP contribution in [0.5, 0.6) is 0 Å². The van der Waals surface area contributed by atoms with Gasteiger partial charge in [-0.15, -0.1) is 0 Å². The summed E-state index contributed by atoms with van der Waals surface area (Å²) in [5, 5.41) is 4.16. The average molecular weight is 366 g/mol. The van der Waals surface area contributed by atoms with Crippen LogP contribution >= 0.6 is 11.3 Å². The molecule has 0 bridgehead atoms. The molecular weight excluding hydrogens is 342 g/mol. The van der Waals surface area contributed by atoms with Gasteiger partial charge in [0.25, 0.3) is 0 Å². The molecular formula is C17H23N3O2S2. The molecule has 1 fully saturated rings. The number of hydrogen-bond acceptors (Lipinski definition) is 5. The first-order chi connectivity index (χ1) is 11.6. The minimum Gasteiger partial charge on any atom is -0.304 e. The third kappa shape index (κ3) is 4.23. The summed E-state index contributed by atoms with van der Waals surface area (Å²) < 4.78 is 27.8. The van der Waals surface area contributed by atoms with Crippen LogP contribution in [0.2, 0.25) is 0 Å². The second kappa shape index (κ2) is 7.76. The second-order valence-corrected chi connectivity index (χ2v) is 8.62. The highest BCUT2D eigenvalue weighted by atomic mass is 32.2. The lowest BCUT2D eigenvalue weighted by atomic mass is 10.1. The van der Waals surface area contributed by atoms with Crippen molar-refractivity contribution in [1.82, 2.24) is 14.5 Å². The summed E-state index contributed by atoms with van der Waals surface area (Å²) in [6, 6.07) is 10.7. The van der Waals surface area contributed by atoms with E-state index in [1.54, 1.807) is 35.6 Å². The van der Waals surface area contributed by atoms with Gasteiger partial charge in [0.15, 0.2) is 0 Å². The Morgan fingerprint density at radius 2 is 1.83 bits per heavy atom. The van der Waals surface area contributed by atoms with Crippen LogP contribution in [0.15, 0.2) is 52.1 Å². The Morgan fingerprint density at radius 3 is 2.46 bits per heavy atom. The number of likely N-dealkylation sites (N-methyl/N-ethyl adjacent to an activating group) is 1. The second-order valence-electron chi connectivity index (χ2n) is 6.08. The van der Waals surface area contributed by atoms with Crippen molar-refractivity contribution in [2.75, 3.05) is 39.8 Å². The zero-order chi connectivity index (χ0) is 17.0. The van der Waals surface area contributed by atoms with E-state index in [-0.39, 0.29) is 6.04 Å². The maximum absolute atomic E-state index is 12.5. The SMILES string of the molecule is CN1CCN(C(CNS(=O)(=O)c2ccccc2)c2ccsc2)CC1. The topological polar surface area (TPSA) is 52.6 Å². The van der Waals surface area contributed by atoms with E-state index in [1.807, 2.05) is 11.4 Å². The average Bonchev–Trinajstić information content (AvgIpc) is 3.12. The first-order valence-corrected chi connectivity index (χ1v) is 10.5. The molecule has 0 aliphatic carbocycles. The molecule has 130 valence electrons. The third-order valence-electron chi connectivity index (χ3n) is 4.43. The van der Waals surface area contributed by atoms with Crippen LogP contribution in [-0.2, 0) is 10.0 Å². The Kier molecular flexibility index (Phi) is 5.68. The van der Waals surface area contributed by atoms with Crippen molar-refractivity contribution in [3.05, 3.63) is 52.7 Å². The number of nitrogens with zero attached hydrogens (tertiary/aromatic N) is 2. The molecule has 0 saturated carbocycles. The van der Waals surface area contributed by atoms with Crippen molar-refractivity contribution in [1.29, 1.82) is 0 Å². The maximum Gasteiger partial charge on any atom is 0.240 e. The molecule has 1 unspecified atom stereocenters. The van der Waals surface area contributed by atoms with Gasteiger partial charge in [-0.2, -0.15) is 11.3 Å². The zero-order valence-corrected chi connectivity index (χ0v) is 15.4. The van der Waals surface area contributed by atoms with Gasteiger partial charge in [-0.25, -0.2) is 13.1 Å².